The van der Waals surface area contributed by atoms with Crippen LogP contribution in [0.3, 0.4) is 0 Å². The molecule has 0 saturated heterocycles. The van der Waals surface area contributed by atoms with Crippen molar-refractivity contribution in [2.24, 2.45) is 0 Å². The number of fused-ring (bicyclic) bond motifs is 1. The SMILES string of the molecule is COc1cc(C(C#N)NC(=O)COc2ccc3ccccc3c2)cc(OC)c1OC. The van der Waals surface area contributed by atoms with E-state index in [1.165, 1.54) is 21.3 Å². The first-order chi connectivity index (χ1) is 14.6. The number of hydrogen-bond donors (Lipinski definition) is 1. The Labute approximate surface area is 174 Å². The van der Waals surface area contributed by atoms with Gasteiger partial charge in [0.2, 0.25) is 5.75 Å². The molecule has 7 heteroatoms. The lowest BCUT2D eigenvalue weighted by molar-refractivity contribution is -0.123. The zero-order valence-corrected chi connectivity index (χ0v) is 17.0. The van der Waals surface area contributed by atoms with Crippen LogP contribution in [0.25, 0.3) is 10.8 Å². The number of amides is 1. The van der Waals surface area contributed by atoms with Crippen molar-refractivity contribution in [1.82, 2.24) is 5.32 Å². The molecule has 0 spiro atoms. The fourth-order valence-electron chi connectivity index (χ4n) is 3.07. The molecule has 1 amide bonds. The molecule has 0 aliphatic heterocycles. The molecule has 0 heterocycles. The van der Waals surface area contributed by atoms with Crippen molar-refractivity contribution in [3.8, 4) is 29.1 Å². The summed E-state index contributed by atoms with van der Waals surface area (Å²) in [6.45, 7) is -0.221. The summed E-state index contributed by atoms with van der Waals surface area (Å²) in [4.78, 5) is 12.4. The van der Waals surface area contributed by atoms with Crippen LogP contribution in [0.5, 0.6) is 23.0 Å². The molecule has 7 nitrogen and oxygen atoms in total. The molecular weight excluding hydrogens is 384 g/mol. The van der Waals surface area contributed by atoms with Crippen LogP contribution in [-0.2, 0) is 4.79 Å². The number of hydrogen-bond acceptors (Lipinski definition) is 6. The molecule has 3 aromatic carbocycles. The predicted octanol–water partition coefficient (Wildman–Crippen LogP) is 3.63. The second kappa shape index (κ2) is 9.52. The minimum atomic E-state index is -0.911. The lowest BCUT2D eigenvalue weighted by Crippen LogP contribution is -2.32. The number of methoxy groups -OCH3 is 3. The van der Waals surface area contributed by atoms with E-state index >= 15 is 0 Å². The highest BCUT2D eigenvalue weighted by atomic mass is 16.5. The van der Waals surface area contributed by atoms with Crippen molar-refractivity contribution in [3.05, 3.63) is 60.2 Å². The van der Waals surface area contributed by atoms with Crippen LogP contribution in [0.4, 0.5) is 0 Å². The molecule has 0 fully saturated rings. The van der Waals surface area contributed by atoms with E-state index in [4.69, 9.17) is 18.9 Å². The lowest BCUT2D eigenvalue weighted by Gasteiger charge is -2.17. The second-order valence-electron chi connectivity index (χ2n) is 6.39. The lowest BCUT2D eigenvalue weighted by atomic mass is 10.1. The Morgan fingerprint density at radius 2 is 1.63 bits per heavy atom. The number of benzene rings is 3. The highest BCUT2D eigenvalue weighted by molar-refractivity contribution is 5.84. The summed E-state index contributed by atoms with van der Waals surface area (Å²) in [6.07, 6.45) is 0. The quantitative estimate of drug-likeness (QED) is 0.614. The third kappa shape index (κ3) is 4.55. The van der Waals surface area contributed by atoms with Gasteiger partial charge in [-0.3, -0.25) is 4.79 Å². The number of ether oxygens (including phenoxy) is 4. The third-order valence-electron chi connectivity index (χ3n) is 4.55. The Morgan fingerprint density at radius 3 is 2.23 bits per heavy atom. The maximum atomic E-state index is 12.4. The van der Waals surface area contributed by atoms with E-state index in [-0.39, 0.29) is 6.61 Å². The molecule has 1 atom stereocenters. The predicted molar refractivity (Wildman–Crippen MR) is 112 cm³/mol. The molecule has 0 bridgehead atoms. The molecule has 0 aliphatic carbocycles. The summed E-state index contributed by atoms with van der Waals surface area (Å²) in [6, 6.07) is 17.9. The summed E-state index contributed by atoms with van der Waals surface area (Å²) in [5.41, 5.74) is 0.506. The van der Waals surface area contributed by atoms with Crippen LogP contribution in [0.2, 0.25) is 0 Å². The molecule has 3 aromatic rings. The third-order valence-corrected chi connectivity index (χ3v) is 4.55. The van der Waals surface area contributed by atoms with Gasteiger partial charge in [0.25, 0.3) is 5.91 Å². The smallest absolute Gasteiger partial charge is 0.259 e. The van der Waals surface area contributed by atoms with E-state index in [1.807, 2.05) is 36.4 Å². The van der Waals surface area contributed by atoms with Crippen molar-refractivity contribution in [3.63, 3.8) is 0 Å². The molecule has 0 aromatic heterocycles. The Morgan fingerprint density at radius 1 is 0.967 bits per heavy atom. The topological polar surface area (TPSA) is 89.8 Å². The molecule has 1 unspecified atom stereocenters. The van der Waals surface area contributed by atoms with Gasteiger partial charge in [0, 0.05) is 0 Å². The zero-order chi connectivity index (χ0) is 21.5. The highest BCUT2D eigenvalue weighted by Gasteiger charge is 2.20. The first kappa shape index (κ1) is 20.8. The van der Waals surface area contributed by atoms with Crippen LogP contribution in [0.1, 0.15) is 11.6 Å². The van der Waals surface area contributed by atoms with Crippen molar-refractivity contribution in [1.29, 1.82) is 5.26 Å². The van der Waals surface area contributed by atoms with Crippen LogP contribution < -0.4 is 24.3 Å². The molecule has 0 saturated carbocycles. The molecule has 3 rings (SSSR count). The highest BCUT2D eigenvalue weighted by Crippen LogP contribution is 2.39. The van der Waals surface area contributed by atoms with E-state index in [9.17, 15) is 10.1 Å². The van der Waals surface area contributed by atoms with E-state index < -0.39 is 11.9 Å². The first-order valence-electron chi connectivity index (χ1n) is 9.20. The number of nitriles is 1. The summed E-state index contributed by atoms with van der Waals surface area (Å²) < 4.78 is 21.5. The van der Waals surface area contributed by atoms with Gasteiger partial charge >= 0.3 is 0 Å². The van der Waals surface area contributed by atoms with Crippen LogP contribution >= 0.6 is 0 Å². The number of nitrogens with zero attached hydrogens (tertiary/aromatic N) is 1. The number of carbonyl (C=O) groups excluding carboxylic acids is 1. The number of nitrogens with one attached hydrogen (secondary N) is 1. The minimum absolute atomic E-state index is 0.221. The molecular formula is C23H22N2O5. The van der Waals surface area contributed by atoms with Crippen LogP contribution in [0, 0.1) is 11.3 Å². The minimum Gasteiger partial charge on any atom is -0.493 e. The van der Waals surface area contributed by atoms with Crippen molar-refractivity contribution >= 4 is 16.7 Å². The Hall–Kier alpha value is -3.92. The van der Waals surface area contributed by atoms with Gasteiger partial charge in [-0.05, 0) is 40.6 Å². The maximum Gasteiger partial charge on any atom is 0.259 e. The monoisotopic (exact) mass is 406 g/mol. The van der Waals surface area contributed by atoms with Gasteiger partial charge in [-0.15, -0.1) is 0 Å². The maximum absolute atomic E-state index is 12.4. The Bertz CT molecular complexity index is 1070. The fourth-order valence-corrected chi connectivity index (χ4v) is 3.07. The summed E-state index contributed by atoms with van der Waals surface area (Å²) in [7, 11) is 4.46. The zero-order valence-electron chi connectivity index (χ0n) is 17.0. The van der Waals surface area contributed by atoms with E-state index in [0.29, 0.717) is 28.6 Å². The average Bonchev–Trinajstić information content (AvgIpc) is 2.79. The normalized spacial score (nSPS) is 11.3. The molecule has 0 aliphatic rings. The van der Waals surface area contributed by atoms with E-state index in [2.05, 4.69) is 11.4 Å². The van der Waals surface area contributed by atoms with Crippen LogP contribution in [-0.4, -0.2) is 33.8 Å². The van der Waals surface area contributed by atoms with Gasteiger partial charge in [0.15, 0.2) is 18.1 Å². The summed E-state index contributed by atoms with van der Waals surface area (Å²) in [5, 5.41) is 14.3. The van der Waals surface area contributed by atoms with E-state index in [1.54, 1.807) is 18.2 Å². The summed E-state index contributed by atoms with van der Waals surface area (Å²) in [5.74, 6) is 1.35. The number of carbonyl (C=O) groups is 1. The van der Waals surface area contributed by atoms with E-state index in [0.717, 1.165) is 10.8 Å². The van der Waals surface area contributed by atoms with Gasteiger partial charge in [0.05, 0.1) is 27.4 Å². The number of rotatable bonds is 8. The first-order valence-corrected chi connectivity index (χ1v) is 9.20. The molecule has 0 radical (unpaired) electrons. The Balaban J connectivity index is 1.70. The van der Waals surface area contributed by atoms with Crippen molar-refractivity contribution in [2.45, 2.75) is 6.04 Å². The second-order valence-corrected chi connectivity index (χ2v) is 6.39. The van der Waals surface area contributed by atoms with Gasteiger partial charge in [0.1, 0.15) is 11.8 Å². The van der Waals surface area contributed by atoms with Gasteiger partial charge in [-0.25, -0.2) is 0 Å². The molecule has 154 valence electrons. The standard InChI is InChI=1S/C23H22N2O5/c1-27-20-11-17(12-21(28-2)23(20)29-3)19(13-24)25-22(26)14-30-18-9-8-15-6-4-5-7-16(15)10-18/h4-12,19H,14H2,1-3H3,(H,25,26). The molecule has 1 N–H and O–H groups in total. The largest absolute Gasteiger partial charge is 0.493 e. The van der Waals surface area contributed by atoms with Crippen molar-refractivity contribution in [2.75, 3.05) is 27.9 Å². The Kier molecular flexibility index (Phi) is 6.60. The summed E-state index contributed by atoms with van der Waals surface area (Å²) >= 11 is 0. The van der Waals surface area contributed by atoms with Gasteiger partial charge in [-0.2, -0.15) is 5.26 Å². The fraction of sp³-hybridized carbons (Fsp3) is 0.217. The van der Waals surface area contributed by atoms with Gasteiger partial charge in [-0.1, -0.05) is 30.3 Å². The average molecular weight is 406 g/mol. The van der Waals surface area contributed by atoms with Crippen molar-refractivity contribution < 1.29 is 23.7 Å². The van der Waals surface area contributed by atoms with Gasteiger partial charge < -0.3 is 24.3 Å². The molecule has 30 heavy (non-hydrogen) atoms. The van der Waals surface area contributed by atoms with Crippen LogP contribution in [0.15, 0.2) is 54.6 Å².